The number of nitrogens with zero attached hydrogens (tertiary/aromatic N) is 1. The van der Waals surface area contributed by atoms with Gasteiger partial charge in [0.1, 0.15) is 6.54 Å². The van der Waals surface area contributed by atoms with Gasteiger partial charge < -0.3 is 19.1 Å². The van der Waals surface area contributed by atoms with Crippen LogP contribution in [0.25, 0.3) is 10.9 Å². The van der Waals surface area contributed by atoms with E-state index in [4.69, 9.17) is 14.6 Å². The molecule has 1 unspecified atom stereocenters. The Morgan fingerprint density at radius 3 is 2.58 bits per heavy atom. The summed E-state index contributed by atoms with van der Waals surface area (Å²) in [5.74, 6) is -1.32. The Hall–Kier alpha value is -2.34. The molecule has 130 valence electrons. The number of aliphatic carboxylic acids is 1. The molecular weight excluding hydrogens is 310 g/mol. The lowest BCUT2D eigenvalue weighted by molar-refractivity contribution is -0.159. The van der Waals surface area contributed by atoms with Crippen LogP contribution in [-0.4, -0.2) is 40.4 Å². The molecule has 0 aliphatic rings. The van der Waals surface area contributed by atoms with E-state index in [-0.39, 0.29) is 19.3 Å². The Labute approximate surface area is 141 Å². The van der Waals surface area contributed by atoms with Crippen molar-refractivity contribution in [1.29, 1.82) is 0 Å². The SMILES string of the molecule is CCOC(=O)C(Cc1cn(CC(=O)O)c2ccccc12)OC(C)C. The molecule has 0 fully saturated rings. The largest absolute Gasteiger partial charge is 0.480 e. The van der Waals surface area contributed by atoms with Crippen molar-refractivity contribution in [1.82, 2.24) is 4.57 Å². The lowest BCUT2D eigenvalue weighted by Gasteiger charge is -2.18. The fraction of sp³-hybridized carbons (Fsp3) is 0.444. The average Bonchev–Trinajstić information content (AvgIpc) is 2.84. The van der Waals surface area contributed by atoms with Gasteiger partial charge in [0, 0.05) is 23.5 Å². The highest BCUT2D eigenvalue weighted by molar-refractivity contribution is 5.86. The smallest absolute Gasteiger partial charge is 0.335 e. The molecule has 2 aromatic rings. The van der Waals surface area contributed by atoms with Crippen LogP contribution >= 0.6 is 0 Å². The minimum Gasteiger partial charge on any atom is -0.480 e. The highest BCUT2D eigenvalue weighted by Gasteiger charge is 2.24. The van der Waals surface area contributed by atoms with E-state index in [2.05, 4.69) is 0 Å². The maximum Gasteiger partial charge on any atom is 0.335 e. The molecule has 0 bridgehead atoms. The summed E-state index contributed by atoms with van der Waals surface area (Å²) in [4.78, 5) is 23.2. The van der Waals surface area contributed by atoms with E-state index in [9.17, 15) is 9.59 Å². The molecule has 0 aliphatic heterocycles. The summed E-state index contributed by atoms with van der Waals surface area (Å²) in [5, 5.41) is 9.99. The first kappa shape index (κ1) is 18.0. The summed E-state index contributed by atoms with van der Waals surface area (Å²) < 4.78 is 12.5. The Balaban J connectivity index is 2.35. The number of ether oxygens (including phenoxy) is 2. The predicted molar refractivity (Wildman–Crippen MR) is 89.9 cm³/mol. The van der Waals surface area contributed by atoms with Crippen molar-refractivity contribution in [2.24, 2.45) is 0 Å². The van der Waals surface area contributed by atoms with E-state index in [0.29, 0.717) is 6.42 Å². The van der Waals surface area contributed by atoms with E-state index in [0.717, 1.165) is 16.5 Å². The molecule has 0 spiro atoms. The lowest BCUT2D eigenvalue weighted by atomic mass is 10.1. The van der Waals surface area contributed by atoms with E-state index in [1.165, 1.54) is 0 Å². The fourth-order valence-corrected chi connectivity index (χ4v) is 2.71. The lowest BCUT2D eigenvalue weighted by Crippen LogP contribution is -2.31. The van der Waals surface area contributed by atoms with Crippen molar-refractivity contribution < 1.29 is 24.2 Å². The van der Waals surface area contributed by atoms with E-state index >= 15 is 0 Å². The van der Waals surface area contributed by atoms with Gasteiger partial charge in [0.2, 0.25) is 0 Å². The second-order valence-electron chi connectivity index (χ2n) is 5.82. The van der Waals surface area contributed by atoms with Crippen LogP contribution in [0.5, 0.6) is 0 Å². The Morgan fingerprint density at radius 1 is 1.25 bits per heavy atom. The number of rotatable bonds is 8. The molecular formula is C18H23NO5. The van der Waals surface area contributed by atoms with Crippen LogP contribution in [0.3, 0.4) is 0 Å². The van der Waals surface area contributed by atoms with Gasteiger partial charge in [-0.2, -0.15) is 0 Å². The third-order valence-corrected chi connectivity index (χ3v) is 3.57. The molecule has 0 saturated heterocycles. The number of fused-ring (bicyclic) bond motifs is 1. The molecule has 1 aromatic heterocycles. The molecule has 1 heterocycles. The van der Waals surface area contributed by atoms with Gasteiger partial charge in [-0.1, -0.05) is 18.2 Å². The third-order valence-electron chi connectivity index (χ3n) is 3.57. The number of hydrogen-bond acceptors (Lipinski definition) is 4. The van der Waals surface area contributed by atoms with Crippen molar-refractivity contribution in [2.75, 3.05) is 6.61 Å². The summed E-state index contributed by atoms with van der Waals surface area (Å²) >= 11 is 0. The molecule has 6 nitrogen and oxygen atoms in total. The molecule has 0 amide bonds. The van der Waals surface area contributed by atoms with Gasteiger partial charge in [-0.05, 0) is 32.4 Å². The number of hydrogen-bond donors (Lipinski definition) is 1. The molecule has 1 N–H and O–H groups in total. The molecule has 24 heavy (non-hydrogen) atoms. The summed E-state index contributed by atoms with van der Waals surface area (Å²) in [6, 6.07) is 7.53. The van der Waals surface area contributed by atoms with E-state index in [1.807, 2.05) is 38.1 Å². The van der Waals surface area contributed by atoms with E-state index in [1.54, 1.807) is 17.7 Å². The maximum atomic E-state index is 12.2. The Kier molecular flexibility index (Phi) is 5.98. The number of benzene rings is 1. The minimum absolute atomic E-state index is 0.119. The fourth-order valence-electron chi connectivity index (χ4n) is 2.71. The zero-order valence-corrected chi connectivity index (χ0v) is 14.2. The van der Waals surface area contributed by atoms with Crippen LogP contribution in [0.4, 0.5) is 0 Å². The monoisotopic (exact) mass is 333 g/mol. The molecule has 2 rings (SSSR count). The molecule has 0 radical (unpaired) electrons. The molecule has 0 aliphatic carbocycles. The molecule has 6 heteroatoms. The van der Waals surface area contributed by atoms with Gasteiger partial charge in [0.25, 0.3) is 0 Å². The van der Waals surface area contributed by atoms with Gasteiger partial charge in [0.15, 0.2) is 6.10 Å². The van der Waals surface area contributed by atoms with Crippen LogP contribution < -0.4 is 0 Å². The Morgan fingerprint density at radius 2 is 1.96 bits per heavy atom. The van der Waals surface area contributed by atoms with Gasteiger partial charge >= 0.3 is 11.9 Å². The zero-order chi connectivity index (χ0) is 17.7. The molecule has 0 saturated carbocycles. The summed E-state index contributed by atoms with van der Waals surface area (Å²) in [7, 11) is 0. The number of carbonyl (C=O) groups excluding carboxylic acids is 1. The molecule has 1 aromatic carbocycles. The third kappa shape index (κ3) is 4.35. The second-order valence-corrected chi connectivity index (χ2v) is 5.82. The van der Waals surface area contributed by atoms with Crippen molar-refractivity contribution in [3.63, 3.8) is 0 Å². The molecule has 1 atom stereocenters. The standard InChI is InChI=1S/C18H23NO5/c1-4-23-18(22)16(24-12(2)3)9-13-10-19(11-17(20)21)15-8-6-5-7-14(13)15/h5-8,10,12,16H,4,9,11H2,1-3H3,(H,20,21). The quantitative estimate of drug-likeness (QED) is 0.751. The van der Waals surface area contributed by atoms with Crippen LogP contribution in [0.2, 0.25) is 0 Å². The number of carboxylic acid groups (broad SMARTS) is 1. The van der Waals surface area contributed by atoms with Crippen molar-refractivity contribution >= 4 is 22.8 Å². The minimum atomic E-state index is -0.914. The van der Waals surface area contributed by atoms with Crippen LogP contribution in [0.15, 0.2) is 30.5 Å². The second kappa shape index (κ2) is 7.97. The highest BCUT2D eigenvalue weighted by atomic mass is 16.6. The van der Waals surface area contributed by atoms with Crippen LogP contribution in [0, 0.1) is 0 Å². The average molecular weight is 333 g/mol. The first-order chi connectivity index (χ1) is 11.4. The summed E-state index contributed by atoms with van der Waals surface area (Å²) in [6.07, 6.45) is 1.28. The number of carbonyl (C=O) groups is 2. The maximum absolute atomic E-state index is 12.2. The van der Waals surface area contributed by atoms with Crippen molar-refractivity contribution in [2.45, 2.75) is 45.9 Å². The van der Waals surface area contributed by atoms with Gasteiger partial charge in [0.05, 0.1) is 12.7 Å². The number of aromatic nitrogens is 1. The number of carboxylic acids is 1. The Bertz CT molecular complexity index is 719. The highest BCUT2D eigenvalue weighted by Crippen LogP contribution is 2.24. The first-order valence-corrected chi connectivity index (χ1v) is 8.03. The van der Waals surface area contributed by atoms with Gasteiger partial charge in [-0.3, -0.25) is 4.79 Å². The normalized spacial score (nSPS) is 12.5. The zero-order valence-electron chi connectivity index (χ0n) is 14.2. The van der Waals surface area contributed by atoms with Crippen molar-refractivity contribution in [3.8, 4) is 0 Å². The van der Waals surface area contributed by atoms with Gasteiger partial charge in [-0.15, -0.1) is 0 Å². The van der Waals surface area contributed by atoms with Crippen LogP contribution in [0.1, 0.15) is 26.3 Å². The number of esters is 1. The van der Waals surface area contributed by atoms with Crippen molar-refractivity contribution in [3.05, 3.63) is 36.0 Å². The van der Waals surface area contributed by atoms with E-state index < -0.39 is 18.0 Å². The predicted octanol–water partition coefficient (Wildman–Crippen LogP) is 2.63. The topological polar surface area (TPSA) is 77.8 Å². The summed E-state index contributed by atoms with van der Waals surface area (Å²) in [5.41, 5.74) is 1.69. The van der Waals surface area contributed by atoms with Crippen LogP contribution in [-0.2, 0) is 32.0 Å². The number of para-hydroxylation sites is 1. The first-order valence-electron chi connectivity index (χ1n) is 8.03. The van der Waals surface area contributed by atoms with Gasteiger partial charge in [-0.25, -0.2) is 4.79 Å². The summed E-state index contributed by atoms with van der Waals surface area (Å²) in [6.45, 7) is 5.64.